The van der Waals surface area contributed by atoms with Crippen LogP contribution in [0.25, 0.3) is 0 Å². The number of benzene rings is 1. The van der Waals surface area contributed by atoms with Crippen LogP contribution in [0.4, 0.5) is 27.6 Å². The molecule has 1 N–H and O–H groups in total. The van der Waals surface area contributed by atoms with Crippen LogP contribution in [0.5, 0.6) is 0 Å². The zero-order valence-electron chi connectivity index (χ0n) is 9.32. The van der Waals surface area contributed by atoms with Crippen molar-refractivity contribution in [1.29, 1.82) is 0 Å². The third kappa shape index (κ3) is 3.13. The normalized spacial score (nSPS) is 14.9. The smallest absolute Gasteiger partial charge is 0.335 e. The van der Waals surface area contributed by atoms with Gasteiger partial charge in [-0.2, -0.15) is 17.6 Å². The van der Waals surface area contributed by atoms with Crippen LogP contribution >= 0.6 is 11.6 Å². The minimum atomic E-state index is -5.56. The van der Waals surface area contributed by atoms with Gasteiger partial charge in [0.1, 0.15) is 5.82 Å². The Morgan fingerprint density at radius 2 is 1.89 bits per heavy atom. The summed E-state index contributed by atoms with van der Waals surface area (Å²) in [7, 11) is 0.394. The quantitative estimate of drug-likeness (QED) is 0.870. The van der Waals surface area contributed by atoms with Crippen LogP contribution in [0.2, 0.25) is 5.02 Å². The van der Waals surface area contributed by atoms with Crippen LogP contribution < -0.4 is 5.32 Å². The molecule has 1 aromatic carbocycles. The second kappa shape index (κ2) is 5.30. The summed E-state index contributed by atoms with van der Waals surface area (Å²) < 4.78 is 66.9. The Morgan fingerprint density at radius 1 is 1.32 bits per heavy atom. The number of carbonyl (C=O) groups excluding carboxylic acids is 1. The minimum absolute atomic E-state index is 0.306. The van der Waals surface area contributed by atoms with Crippen LogP contribution in [0.15, 0.2) is 18.2 Å². The zero-order chi connectivity index (χ0) is 14.8. The fourth-order valence-electron chi connectivity index (χ4n) is 1.12. The molecule has 0 spiro atoms. The van der Waals surface area contributed by atoms with Crippen LogP contribution in [0, 0.1) is 5.82 Å². The van der Waals surface area contributed by atoms with Crippen molar-refractivity contribution in [2.24, 2.45) is 0 Å². The predicted octanol–water partition coefficient (Wildman–Crippen LogP) is 3.29. The van der Waals surface area contributed by atoms with E-state index in [1.54, 1.807) is 5.32 Å². The lowest BCUT2D eigenvalue weighted by atomic mass is 10.2. The number of amides is 1. The van der Waals surface area contributed by atoms with Gasteiger partial charge in [0.05, 0.1) is 5.02 Å². The van der Waals surface area contributed by atoms with Gasteiger partial charge in [0, 0.05) is 12.8 Å². The van der Waals surface area contributed by atoms with E-state index >= 15 is 0 Å². The number of nitrogens with one attached hydrogen (secondary N) is 1. The van der Waals surface area contributed by atoms with Crippen LogP contribution in [0.1, 0.15) is 0 Å². The van der Waals surface area contributed by atoms with Crippen LogP contribution in [-0.2, 0) is 9.53 Å². The number of ether oxygens (including phenoxy) is 1. The Labute approximate surface area is 109 Å². The van der Waals surface area contributed by atoms with Gasteiger partial charge in [-0.1, -0.05) is 11.6 Å². The Bertz CT molecular complexity index is 493. The molecule has 3 nitrogen and oxygen atoms in total. The molecule has 0 heterocycles. The molecule has 19 heavy (non-hydrogen) atoms. The summed E-state index contributed by atoms with van der Waals surface area (Å²) in [5.74, 6) is -7.44. The van der Waals surface area contributed by atoms with Gasteiger partial charge in [-0.05, 0) is 18.2 Å². The van der Waals surface area contributed by atoms with Crippen LogP contribution in [-0.4, -0.2) is 25.0 Å². The van der Waals surface area contributed by atoms with Crippen molar-refractivity contribution in [2.75, 3.05) is 12.4 Å². The van der Waals surface area contributed by atoms with Gasteiger partial charge in [0.25, 0.3) is 5.91 Å². The number of rotatable bonds is 3. The van der Waals surface area contributed by atoms with E-state index in [9.17, 15) is 26.7 Å². The molecule has 0 radical (unpaired) electrons. The molecule has 1 aromatic rings. The van der Waals surface area contributed by atoms with Crippen molar-refractivity contribution in [1.82, 2.24) is 0 Å². The Kier molecular flexibility index (Phi) is 4.36. The average Bonchev–Trinajstić information content (AvgIpc) is 2.31. The van der Waals surface area contributed by atoms with E-state index in [0.717, 1.165) is 18.2 Å². The van der Waals surface area contributed by atoms with Crippen LogP contribution in [0.3, 0.4) is 0 Å². The molecule has 1 amide bonds. The summed E-state index contributed by atoms with van der Waals surface area (Å²) in [6, 6.07) is 2.56. The van der Waals surface area contributed by atoms with Gasteiger partial charge in [-0.15, -0.1) is 0 Å². The van der Waals surface area contributed by atoms with Gasteiger partial charge in [-0.3, -0.25) is 4.79 Å². The average molecular weight is 304 g/mol. The Balaban J connectivity index is 2.98. The fraction of sp³-hybridized carbons (Fsp3) is 0.300. The lowest BCUT2D eigenvalue weighted by Crippen LogP contribution is -2.52. The fourth-order valence-corrected chi connectivity index (χ4v) is 1.30. The maximum Gasteiger partial charge on any atom is 0.458 e. The second-order valence-electron chi connectivity index (χ2n) is 3.38. The summed E-state index contributed by atoms with van der Waals surface area (Å²) >= 11 is 5.36. The van der Waals surface area contributed by atoms with Gasteiger partial charge in [0.15, 0.2) is 0 Å². The standard InChI is InChI=1S/C10H7ClF5NO2/c1-19-9(13,10(14,15)16)8(18)17-5-2-3-7(12)6(11)4-5/h2-4H,1H3,(H,17,18). The molecule has 0 aromatic heterocycles. The molecular formula is C10H7ClF5NO2. The van der Waals surface area contributed by atoms with Crippen molar-refractivity contribution in [3.05, 3.63) is 29.0 Å². The number of methoxy groups -OCH3 is 1. The highest BCUT2D eigenvalue weighted by Crippen LogP contribution is 2.35. The molecule has 1 rings (SSSR count). The highest BCUT2D eigenvalue weighted by molar-refractivity contribution is 6.31. The number of hydrogen-bond acceptors (Lipinski definition) is 2. The molecule has 0 saturated carbocycles. The first-order valence-electron chi connectivity index (χ1n) is 4.69. The van der Waals surface area contributed by atoms with E-state index in [2.05, 4.69) is 4.74 Å². The van der Waals surface area contributed by atoms with E-state index in [0.29, 0.717) is 7.11 Å². The molecule has 0 fully saturated rings. The topological polar surface area (TPSA) is 38.3 Å². The number of carbonyl (C=O) groups is 1. The summed E-state index contributed by atoms with van der Waals surface area (Å²) in [5, 5.41) is 1.16. The third-order valence-electron chi connectivity index (χ3n) is 2.12. The summed E-state index contributed by atoms with van der Waals surface area (Å²) in [6.07, 6.45) is -5.56. The Hall–Kier alpha value is -1.41. The van der Waals surface area contributed by atoms with Crippen molar-refractivity contribution < 1.29 is 31.5 Å². The first-order valence-corrected chi connectivity index (χ1v) is 5.07. The molecule has 9 heteroatoms. The molecular weight excluding hydrogens is 297 g/mol. The van der Waals surface area contributed by atoms with Crippen molar-refractivity contribution in [3.63, 3.8) is 0 Å². The zero-order valence-corrected chi connectivity index (χ0v) is 10.1. The molecule has 0 aliphatic carbocycles. The largest absolute Gasteiger partial charge is 0.458 e. The molecule has 0 saturated heterocycles. The number of anilines is 1. The first kappa shape index (κ1) is 15.6. The van der Waals surface area contributed by atoms with Crippen molar-refractivity contribution in [2.45, 2.75) is 12.0 Å². The molecule has 0 aliphatic rings. The SMILES string of the molecule is COC(F)(C(=O)Nc1ccc(F)c(Cl)c1)C(F)(F)F. The van der Waals surface area contributed by atoms with Gasteiger partial charge in [0.2, 0.25) is 0 Å². The monoisotopic (exact) mass is 303 g/mol. The molecule has 1 atom stereocenters. The minimum Gasteiger partial charge on any atom is -0.335 e. The molecule has 0 aliphatic heterocycles. The van der Waals surface area contributed by atoms with E-state index in [1.165, 1.54) is 0 Å². The molecule has 106 valence electrons. The second-order valence-corrected chi connectivity index (χ2v) is 3.79. The van der Waals surface area contributed by atoms with Gasteiger partial charge >= 0.3 is 12.0 Å². The number of halogens is 6. The maximum atomic E-state index is 13.4. The first-order chi connectivity index (χ1) is 8.61. The third-order valence-corrected chi connectivity index (χ3v) is 2.41. The van der Waals surface area contributed by atoms with Gasteiger partial charge < -0.3 is 10.1 Å². The highest BCUT2D eigenvalue weighted by atomic mass is 35.5. The lowest BCUT2D eigenvalue weighted by molar-refractivity contribution is -0.305. The maximum absolute atomic E-state index is 13.4. The molecule has 1 unspecified atom stereocenters. The van der Waals surface area contributed by atoms with E-state index in [4.69, 9.17) is 11.6 Å². The number of alkyl halides is 4. The predicted molar refractivity (Wildman–Crippen MR) is 56.9 cm³/mol. The number of hydrogen-bond donors (Lipinski definition) is 1. The van der Waals surface area contributed by atoms with Crippen molar-refractivity contribution in [3.8, 4) is 0 Å². The van der Waals surface area contributed by atoms with E-state index in [-0.39, 0.29) is 5.69 Å². The summed E-state index contributed by atoms with van der Waals surface area (Å²) in [5.41, 5.74) is -0.306. The molecule has 0 bridgehead atoms. The summed E-state index contributed by atoms with van der Waals surface area (Å²) in [4.78, 5) is 11.2. The highest BCUT2D eigenvalue weighted by Gasteiger charge is 2.63. The van der Waals surface area contributed by atoms with Gasteiger partial charge in [-0.25, -0.2) is 4.39 Å². The van der Waals surface area contributed by atoms with E-state index in [1.807, 2.05) is 0 Å². The Morgan fingerprint density at radius 3 is 2.32 bits per heavy atom. The summed E-state index contributed by atoms with van der Waals surface area (Å²) in [6.45, 7) is 0. The van der Waals surface area contributed by atoms with Crippen molar-refractivity contribution >= 4 is 23.2 Å². The van der Waals surface area contributed by atoms with E-state index < -0.39 is 28.8 Å². The lowest BCUT2D eigenvalue weighted by Gasteiger charge is -2.24.